The van der Waals surface area contributed by atoms with E-state index in [1.807, 2.05) is 25.1 Å². The van der Waals surface area contributed by atoms with Crippen molar-refractivity contribution in [1.29, 1.82) is 0 Å². The van der Waals surface area contributed by atoms with Gasteiger partial charge in [0.2, 0.25) is 0 Å². The summed E-state index contributed by atoms with van der Waals surface area (Å²) >= 11 is 3.34. The first-order chi connectivity index (χ1) is 15.8. The van der Waals surface area contributed by atoms with E-state index in [0.29, 0.717) is 27.5 Å². The lowest BCUT2D eigenvalue weighted by molar-refractivity contribution is -0.123. The Kier molecular flexibility index (Phi) is 8.38. The normalized spacial score (nSPS) is 10.9. The van der Waals surface area contributed by atoms with Crippen LogP contribution in [-0.2, 0) is 4.79 Å². The first-order valence-corrected chi connectivity index (χ1v) is 11.2. The number of benzene rings is 3. The molecule has 170 valence electrons. The molecule has 1 N–H and O–H groups in total. The van der Waals surface area contributed by atoms with E-state index >= 15 is 0 Å². The van der Waals surface area contributed by atoms with Crippen LogP contribution in [0.3, 0.4) is 0 Å². The highest BCUT2D eigenvalue weighted by molar-refractivity contribution is 9.10. The van der Waals surface area contributed by atoms with Crippen LogP contribution in [0, 0.1) is 6.92 Å². The first kappa shape index (κ1) is 24.2. The minimum absolute atomic E-state index is 0.135. The average Bonchev–Trinajstić information content (AvgIpc) is 2.79. The highest BCUT2D eigenvalue weighted by Crippen LogP contribution is 2.24. The Morgan fingerprint density at radius 3 is 2.48 bits per heavy atom. The van der Waals surface area contributed by atoms with Gasteiger partial charge in [-0.3, -0.25) is 4.79 Å². The van der Waals surface area contributed by atoms with Crippen molar-refractivity contribution in [2.45, 2.75) is 26.7 Å². The van der Waals surface area contributed by atoms with Gasteiger partial charge in [-0.2, -0.15) is 5.10 Å². The number of amides is 1. The SMILES string of the molecule is Cc1ccc(C(C)C)cc1OCC(=O)NN=Cc1ccc(OC(=O)c2ccccc2Br)cc1. The fraction of sp³-hybridized carbons (Fsp3) is 0.192. The number of nitrogens with zero attached hydrogens (tertiary/aromatic N) is 1. The summed E-state index contributed by atoms with van der Waals surface area (Å²) in [6.07, 6.45) is 1.50. The standard InChI is InChI=1S/C26H25BrN2O4/c1-17(2)20-11-8-18(3)24(14-20)32-16-25(30)29-28-15-19-9-12-21(13-10-19)33-26(31)22-6-4-5-7-23(22)27/h4-15,17H,16H2,1-3H3,(H,29,30). The Morgan fingerprint density at radius 2 is 1.79 bits per heavy atom. The number of hydrogen-bond donors (Lipinski definition) is 1. The summed E-state index contributed by atoms with van der Waals surface area (Å²) in [4.78, 5) is 24.3. The van der Waals surface area contributed by atoms with Gasteiger partial charge in [0.05, 0.1) is 11.8 Å². The van der Waals surface area contributed by atoms with Gasteiger partial charge < -0.3 is 9.47 Å². The highest BCUT2D eigenvalue weighted by atomic mass is 79.9. The molecule has 3 aromatic rings. The maximum absolute atomic E-state index is 12.3. The van der Waals surface area contributed by atoms with Crippen LogP contribution in [0.1, 0.15) is 46.8 Å². The minimum Gasteiger partial charge on any atom is -0.483 e. The van der Waals surface area contributed by atoms with E-state index in [0.717, 1.165) is 16.7 Å². The van der Waals surface area contributed by atoms with Crippen molar-refractivity contribution in [3.05, 3.63) is 93.5 Å². The maximum Gasteiger partial charge on any atom is 0.344 e. The van der Waals surface area contributed by atoms with E-state index < -0.39 is 5.97 Å². The Hall–Kier alpha value is -3.45. The van der Waals surface area contributed by atoms with E-state index in [-0.39, 0.29) is 12.5 Å². The molecule has 0 aliphatic carbocycles. The number of hydrogen-bond acceptors (Lipinski definition) is 5. The zero-order valence-electron chi connectivity index (χ0n) is 18.7. The van der Waals surface area contributed by atoms with Gasteiger partial charge in [0.25, 0.3) is 5.91 Å². The number of halogens is 1. The first-order valence-electron chi connectivity index (χ1n) is 10.5. The molecule has 0 unspecified atom stereocenters. The monoisotopic (exact) mass is 508 g/mol. The van der Waals surface area contributed by atoms with Crippen molar-refractivity contribution in [2.75, 3.05) is 6.61 Å². The molecule has 0 atom stereocenters. The highest BCUT2D eigenvalue weighted by Gasteiger charge is 2.12. The molecular weight excluding hydrogens is 484 g/mol. The molecule has 33 heavy (non-hydrogen) atoms. The van der Waals surface area contributed by atoms with Crippen LogP contribution in [-0.4, -0.2) is 24.7 Å². The molecule has 0 bridgehead atoms. The Bertz CT molecular complexity index is 1160. The molecule has 0 fully saturated rings. The van der Waals surface area contributed by atoms with Crippen LogP contribution in [0.15, 0.2) is 76.3 Å². The molecule has 0 spiro atoms. The summed E-state index contributed by atoms with van der Waals surface area (Å²) in [6.45, 7) is 6.02. The van der Waals surface area contributed by atoms with Crippen molar-refractivity contribution < 1.29 is 19.1 Å². The number of rotatable bonds is 8. The third kappa shape index (κ3) is 7.02. The van der Waals surface area contributed by atoms with Crippen molar-refractivity contribution in [1.82, 2.24) is 5.43 Å². The minimum atomic E-state index is -0.453. The Balaban J connectivity index is 1.49. The second kappa shape index (κ2) is 11.4. The smallest absolute Gasteiger partial charge is 0.344 e. The number of nitrogens with one attached hydrogen (secondary N) is 1. The molecule has 0 aliphatic rings. The number of carbonyl (C=O) groups is 2. The van der Waals surface area contributed by atoms with Crippen molar-refractivity contribution in [3.63, 3.8) is 0 Å². The predicted octanol–water partition coefficient (Wildman–Crippen LogP) is 5.63. The number of esters is 1. The summed E-state index contributed by atoms with van der Waals surface area (Å²) in [5.74, 6) is 0.656. The van der Waals surface area contributed by atoms with Crippen LogP contribution in [0.25, 0.3) is 0 Å². The largest absolute Gasteiger partial charge is 0.483 e. The van der Waals surface area contributed by atoms with Gasteiger partial charge in [-0.25, -0.2) is 10.2 Å². The van der Waals surface area contributed by atoms with Gasteiger partial charge in [0.1, 0.15) is 11.5 Å². The molecular formula is C26H25BrN2O4. The molecule has 6 nitrogen and oxygen atoms in total. The third-order valence-electron chi connectivity index (χ3n) is 4.82. The van der Waals surface area contributed by atoms with Gasteiger partial charge >= 0.3 is 5.97 Å². The van der Waals surface area contributed by atoms with E-state index in [1.54, 1.807) is 42.5 Å². The molecule has 0 saturated carbocycles. The van der Waals surface area contributed by atoms with Crippen molar-refractivity contribution in [2.24, 2.45) is 5.10 Å². The van der Waals surface area contributed by atoms with Gasteiger partial charge in [-0.1, -0.05) is 38.1 Å². The lowest BCUT2D eigenvalue weighted by atomic mass is 10.0. The summed E-state index contributed by atoms with van der Waals surface area (Å²) in [5, 5.41) is 3.95. The lowest BCUT2D eigenvalue weighted by Gasteiger charge is -2.12. The fourth-order valence-corrected chi connectivity index (χ4v) is 3.34. The molecule has 0 aromatic heterocycles. The molecule has 1 amide bonds. The lowest BCUT2D eigenvalue weighted by Crippen LogP contribution is -2.24. The number of aryl methyl sites for hydroxylation is 1. The Labute approximate surface area is 201 Å². The number of hydrazone groups is 1. The molecule has 0 radical (unpaired) electrons. The van der Waals surface area contributed by atoms with E-state index in [1.165, 1.54) is 6.21 Å². The molecule has 0 aliphatic heterocycles. The summed E-state index contributed by atoms with van der Waals surface area (Å²) in [6, 6.07) is 19.8. The summed E-state index contributed by atoms with van der Waals surface area (Å²) < 4.78 is 11.7. The molecule has 7 heteroatoms. The topological polar surface area (TPSA) is 77.0 Å². The second-order valence-electron chi connectivity index (χ2n) is 7.70. The van der Waals surface area contributed by atoms with Crippen LogP contribution in [0.4, 0.5) is 0 Å². The van der Waals surface area contributed by atoms with Crippen molar-refractivity contribution in [3.8, 4) is 11.5 Å². The van der Waals surface area contributed by atoms with Crippen molar-refractivity contribution >= 4 is 34.0 Å². The van der Waals surface area contributed by atoms with Gasteiger partial charge in [-0.15, -0.1) is 0 Å². The zero-order chi connectivity index (χ0) is 23.8. The average molecular weight is 509 g/mol. The van der Waals surface area contributed by atoms with E-state index in [2.05, 4.69) is 46.4 Å². The van der Waals surface area contributed by atoms with Gasteiger partial charge in [-0.05, 0) is 87.9 Å². The third-order valence-corrected chi connectivity index (χ3v) is 5.52. The van der Waals surface area contributed by atoms with Crippen LogP contribution in [0.2, 0.25) is 0 Å². The van der Waals surface area contributed by atoms with E-state index in [9.17, 15) is 9.59 Å². The molecule has 0 saturated heterocycles. The number of ether oxygens (including phenoxy) is 2. The predicted molar refractivity (Wildman–Crippen MR) is 132 cm³/mol. The molecule has 0 heterocycles. The second-order valence-corrected chi connectivity index (χ2v) is 8.55. The zero-order valence-corrected chi connectivity index (χ0v) is 20.3. The molecule has 3 aromatic carbocycles. The van der Waals surface area contributed by atoms with Crippen LogP contribution < -0.4 is 14.9 Å². The Morgan fingerprint density at radius 1 is 1.06 bits per heavy atom. The maximum atomic E-state index is 12.3. The van der Waals surface area contributed by atoms with E-state index in [4.69, 9.17) is 9.47 Å². The van der Waals surface area contributed by atoms with Gasteiger partial charge in [0, 0.05) is 4.47 Å². The summed E-state index contributed by atoms with van der Waals surface area (Å²) in [5.41, 5.74) is 5.75. The number of carbonyl (C=O) groups excluding carboxylic acids is 2. The quantitative estimate of drug-likeness (QED) is 0.185. The fourth-order valence-electron chi connectivity index (χ4n) is 2.90. The summed E-state index contributed by atoms with van der Waals surface area (Å²) in [7, 11) is 0. The molecule has 3 rings (SSSR count). The van der Waals surface area contributed by atoms with Gasteiger partial charge in [0.15, 0.2) is 6.61 Å². The van der Waals surface area contributed by atoms with Crippen LogP contribution >= 0.6 is 15.9 Å². The van der Waals surface area contributed by atoms with Crippen LogP contribution in [0.5, 0.6) is 11.5 Å².